The summed E-state index contributed by atoms with van der Waals surface area (Å²) in [6.07, 6.45) is 2.20. The highest BCUT2D eigenvalue weighted by Gasteiger charge is 2.32. The quantitative estimate of drug-likeness (QED) is 0.609. The Hall–Kier alpha value is -0.260. The number of ether oxygens (including phenoxy) is 1. The molecule has 5 heteroatoms. The van der Waals surface area contributed by atoms with Crippen molar-refractivity contribution < 1.29 is 14.6 Å². The molecule has 0 rings (SSSR count). The van der Waals surface area contributed by atoms with Crippen LogP contribution in [0.15, 0.2) is 0 Å². The first-order chi connectivity index (χ1) is 7.41. The molecule has 0 amide bonds. The molecule has 16 heavy (non-hydrogen) atoms. The Labute approximate surface area is 102 Å². The van der Waals surface area contributed by atoms with E-state index < -0.39 is 16.8 Å². The van der Waals surface area contributed by atoms with Gasteiger partial charge in [-0.2, -0.15) is 11.8 Å². The summed E-state index contributed by atoms with van der Waals surface area (Å²) in [5.74, 6) is -0.179. The van der Waals surface area contributed by atoms with Gasteiger partial charge in [0.15, 0.2) is 0 Å². The summed E-state index contributed by atoms with van der Waals surface area (Å²) in [6.45, 7) is 7.25. The maximum Gasteiger partial charge on any atom is 0.321 e. The average Bonchev–Trinajstić information content (AvgIpc) is 2.22. The minimum atomic E-state index is -0.954. The van der Waals surface area contributed by atoms with E-state index in [9.17, 15) is 4.79 Å². The molecule has 0 aromatic carbocycles. The van der Waals surface area contributed by atoms with Crippen molar-refractivity contribution in [2.45, 2.75) is 44.4 Å². The van der Waals surface area contributed by atoms with Crippen molar-refractivity contribution in [1.29, 1.82) is 0 Å². The Bertz CT molecular complexity index is 209. The van der Waals surface area contributed by atoms with Crippen molar-refractivity contribution in [2.75, 3.05) is 19.0 Å². The molecule has 0 heterocycles. The lowest BCUT2D eigenvalue weighted by Crippen LogP contribution is -2.47. The molecule has 0 spiro atoms. The Balaban J connectivity index is 3.70. The highest BCUT2D eigenvalue weighted by atomic mass is 32.2. The number of aliphatic carboxylic acids is 1. The van der Waals surface area contributed by atoms with E-state index in [0.717, 1.165) is 25.2 Å². The monoisotopic (exact) mass is 249 g/mol. The average molecular weight is 249 g/mol. The van der Waals surface area contributed by atoms with Crippen LogP contribution in [0, 0.1) is 0 Å². The number of rotatable bonds is 9. The smallest absolute Gasteiger partial charge is 0.321 e. The molecule has 0 bridgehead atoms. The zero-order valence-corrected chi connectivity index (χ0v) is 11.2. The SMILES string of the molecule is CCCCOCCSC(C)(C)[C@H](N)C(=O)O. The molecule has 3 N–H and O–H groups in total. The molecule has 4 nitrogen and oxygen atoms in total. The summed E-state index contributed by atoms with van der Waals surface area (Å²) in [4.78, 5) is 10.8. The van der Waals surface area contributed by atoms with E-state index in [-0.39, 0.29) is 0 Å². The second kappa shape index (κ2) is 7.92. The van der Waals surface area contributed by atoms with E-state index >= 15 is 0 Å². The predicted octanol–water partition coefficient (Wildman–Crippen LogP) is 1.73. The van der Waals surface area contributed by atoms with Crippen LogP contribution in [-0.2, 0) is 9.53 Å². The van der Waals surface area contributed by atoms with Crippen LogP contribution in [0.25, 0.3) is 0 Å². The van der Waals surface area contributed by atoms with Crippen molar-refractivity contribution in [2.24, 2.45) is 5.73 Å². The first-order valence-electron chi connectivity index (χ1n) is 5.62. The molecule has 0 aliphatic rings. The lowest BCUT2D eigenvalue weighted by Gasteiger charge is -2.27. The van der Waals surface area contributed by atoms with E-state index in [0.29, 0.717) is 6.61 Å². The van der Waals surface area contributed by atoms with Crippen LogP contribution >= 0.6 is 11.8 Å². The van der Waals surface area contributed by atoms with Crippen molar-refractivity contribution in [1.82, 2.24) is 0 Å². The molecule has 0 fully saturated rings. The molecule has 0 radical (unpaired) electrons. The number of carboxylic acids is 1. The van der Waals surface area contributed by atoms with Crippen LogP contribution in [0.2, 0.25) is 0 Å². The summed E-state index contributed by atoms with van der Waals surface area (Å²) in [5.41, 5.74) is 5.60. The van der Waals surface area contributed by atoms with Gasteiger partial charge in [-0.3, -0.25) is 4.79 Å². The lowest BCUT2D eigenvalue weighted by atomic mass is 10.1. The minimum Gasteiger partial charge on any atom is -0.480 e. The molecule has 96 valence electrons. The number of unbranched alkanes of at least 4 members (excludes halogenated alkanes) is 1. The molecular formula is C11H23NO3S. The largest absolute Gasteiger partial charge is 0.480 e. The Morgan fingerprint density at radius 1 is 1.50 bits per heavy atom. The first-order valence-corrected chi connectivity index (χ1v) is 6.60. The third-order valence-electron chi connectivity index (χ3n) is 2.36. The van der Waals surface area contributed by atoms with Gasteiger partial charge in [0.25, 0.3) is 0 Å². The van der Waals surface area contributed by atoms with E-state index in [4.69, 9.17) is 15.6 Å². The van der Waals surface area contributed by atoms with Crippen LogP contribution in [-0.4, -0.2) is 40.8 Å². The molecule has 0 aromatic rings. The number of nitrogens with two attached hydrogens (primary N) is 1. The van der Waals surface area contributed by atoms with E-state index in [2.05, 4.69) is 6.92 Å². The van der Waals surface area contributed by atoms with Crippen LogP contribution in [0.3, 0.4) is 0 Å². The minimum absolute atomic E-state index is 0.458. The Kier molecular flexibility index (Phi) is 7.80. The van der Waals surface area contributed by atoms with E-state index in [1.54, 1.807) is 11.8 Å². The first kappa shape index (κ1) is 15.7. The van der Waals surface area contributed by atoms with Gasteiger partial charge < -0.3 is 15.6 Å². The van der Waals surface area contributed by atoms with Gasteiger partial charge in [0.1, 0.15) is 6.04 Å². The zero-order valence-electron chi connectivity index (χ0n) is 10.4. The molecule has 0 aromatic heterocycles. The third-order valence-corrected chi connectivity index (χ3v) is 3.73. The number of hydrogen-bond donors (Lipinski definition) is 2. The van der Waals surface area contributed by atoms with E-state index in [1.807, 2.05) is 13.8 Å². The maximum absolute atomic E-state index is 10.8. The normalized spacial score (nSPS) is 13.8. The summed E-state index contributed by atoms with van der Waals surface area (Å²) in [7, 11) is 0. The molecule has 1 atom stereocenters. The fourth-order valence-electron chi connectivity index (χ4n) is 1.10. The van der Waals surface area contributed by atoms with Crippen molar-refractivity contribution in [3.05, 3.63) is 0 Å². The van der Waals surface area contributed by atoms with Crippen molar-refractivity contribution >= 4 is 17.7 Å². The highest BCUT2D eigenvalue weighted by molar-refractivity contribution is 8.00. The van der Waals surface area contributed by atoms with Crippen LogP contribution < -0.4 is 5.73 Å². The molecule has 0 aliphatic carbocycles. The molecule has 0 saturated carbocycles. The third kappa shape index (κ3) is 6.35. The van der Waals surface area contributed by atoms with Crippen LogP contribution in [0.1, 0.15) is 33.6 Å². The maximum atomic E-state index is 10.8. The summed E-state index contributed by atoms with van der Waals surface area (Å²) in [5, 5.41) is 8.82. The topological polar surface area (TPSA) is 72.5 Å². The lowest BCUT2D eigenvalue weighted by molar-refractivity contribution is -0.139. The van der Waals surface area contributed by atoms with Crippen LogP contribution in [0.5, 0.6) is 0 Å². The fraction of sp³-hybridized carbons (Fsp3) is 0.909. The van der Waals surface area contributed by atoms with Gasteiger partial charge in [-0.25, -0.2) is 0 Å². The van der Waals surface area contributed by atoms with Gasteiger partial charge >= 0.3 is 5.97 Å². The van der Waals surface area contributed by atoms with Gasteiger partial charge in [-0.1, -0.05) is 13.3 Å². The fourth-order valence-corrected chi connectivity index (χ4v) is 2.11. The molecule has 0 saturated heterocycles. The summed E-state index contributed by atoms with van der Waals surface area (Å²) >= 11 is 1.54. The Morgan fingerprint density at radius 3 is 2.62 bits per heavy atom. The summed E-state index contributed by atoms with van der Waals surface area (Å²) in [6, 6.07) is -0.840. The number of carboxylic acid groups (broad SMARTS) is 1. The van der Waals surface area contributed by atoms with Gasteiger partial charge in [0.05, 0.1) is 6.61 Å². The highest BCUT2D eigenvalue weighted by Crippen LogP contribution is 2.27. The van der Waals surface area contributed by atoms with Crippen molar-refractivity contribution in [3.8, 4) is 0 Å². The number of carbonyl (C=O) groups is 1. The predicted molar refractivity (Wildman–Crippen MR) is 67.9 cm³/mol. The van der Waals surface area contributed by atoms with Gasteiger partial charge in [0, 0.05) is 17.1 Å². The molecular weight excluding hydrogens is 226 g/mol. The second-order valence-electron chi connectivity index (χ2n) is 4.23. The van der Waals surface area contributed by atoms with E-state index in [1.165, 1.54) is 0 Å². The standard InChI is InChI=1S/C11H23NO3S/c1-4-5-6-15-7-8-16-11(2,3)9(12)10(13)14/h9H,4-8,12H2,1-3H3,(H,13,14)/t9-/m1/s1. The molecule has 0 aliphatic heterocycles. The van der Waals surface area contributed by atoms with Crippen molar-refractivity contribution in [3.63, 3.8) is 0 Å². The van der Waals surface area contributed by atoms with Gasteiger partial charge in [0.2, 0.25) is 0 Å². The number of hydrogen-bond acceptors (Lipinski definition) is 4. The van der Waals surface area contributed by atoms with Crippen LogP contribution in [0.4, 0.5) is 0 Å². The summed E-state index contributed by atoms with van der Waals surface area (Å²) < 4.78 is 4.94. The molecule has 0 unspecified atom stereocenters. The zero-order chi connectivity index (χ0) is 12.6. The number of thioether (sulfide) groups is 1. The van der Waals surface area contributed by atoms with Gasteiger partial charge in [-0.15, -0.1) is 0 Å². The second-order valence-corrected chi connectivity index (χ2v) is 5.98. The Morgan fingerprint density at radius 2 is 2.12 bits per heavy atom. The van der Waals surface area contributed by atoms with Gasteiger partial charge in [-0.05, 0) is 20.3 Å².